The molecule has 3 N–H and O–H groups in total. The number of anilines is 4. The Kier molecular flexibility index (Phi) is 7.36. The van der Waals surface area contributed by atoms with Gasteiger partial charge in [0.15, 0.2) is 11.6 Å². The quantitative estimate of drug-likeness (QED) is 0.421. The van der Waals surface area contributed by atoms with Crippen molar-refractivity contribution in [3.63, 3.8) is 0 Å². The average molecular weight is 552 g/mol. The summed E-state index contributed by atoms with van der Waals surface area (Å²) in [6.07, 6.45) is -1.88. The van der Waals surface area contributed by atoms with Crippen LogP contribution in [0.25, 0.3) is 0 Å². The second kappa shape index (κ2) is 10.4. The van der Waals surface area contributed by atoms with Crippen LogP contribution in [-0.2, 0) is 6.18 Å². The summed E-state index contributed by atoms with van der Waals surface area (Å²) >= 11 is 3.23. The average Bonchev–Trinajstić information content (AvgIpc) is 2.85. The molecule has 0 saturated carbocycles. The SMILES string of the molecule is COc1cnc(N2CCNCC2)nc1Nc1ccc(NC(=O)c2cc(Br)ccn2)cc1C(F)(F)F. The minimum Gasteiger partial charge on any atom is -0.491 e. The maximum Gasteiger partial charge on any atom is 0.418 e. The van der Waals surface area contributed by atoms with Crippen LogP contribution in [0.15, 0.2) is 47.2 Å². The number of hydrogen-bond donors (Lipinski definition) is 3. The molecule has 1 aromatic carbocycles. The Balaban J connectivity index is 1.63. The standard InChI is InChI=1S/C22H21BrF3N7O2/c1-35-18-12-29-21(33-8-6-27-7-9-33)32-19(18)31-16-3-2-14(11-15(16)22(24,25)26)30-20(34)17-10-13(23)4-5-28-17/h2-5,10-12,27H,6-9H2,1H3,(H,30,34)(H,29,31,32). The van der Waals surface area contributed by atoms with E-state index in [1.165, 1.54) is 37.7 Å². The Morgan fingerprint density at radius 3 is 2.63 bits per heavy atom. The molecule has 2 aromatic heterocycles. The number of hydrogen-bond acceptors (Lipinski definition) is 8. The van der Waals surface area contributed by atoms with E-state index in [2.05, 4.69) is 46.8 Å². The lowest BCUT2D eigenvalue weighted by Gasteiger charge is -2.27. The van der Waals surface area contributed by atoms with Crippen molar-refractivity contribution in [2.45, 2.75) is 6.18 Å². The van der Waals surface area contributed by atoms with Crippen molar-refractivity contribution in [2.75, 3.05) is 48.8 Å². The maximum absolute atomic E-state index is 13.9. The van der Waals surface area contributed by atoms with Crippen molar-refractivity contribution in [3.8, 4) is 5.75 Å². The second-order valence-electron chi connectivity index (χ2n) is 7.52. The van der Waals surface area contributed by atoms with E-state index in [9.17, 15) is 18.0 Å². The predicted molar refractivity (Wildman–Crippen MR) is 128 cm³/mol. The van der Waals surface area contributed by atoms with Crippen molar-refractivity contribution >= 4 is 45.0 Å². The van der Waals surface area contributed by atoms with E-state index in [1.54, 1.807) is 6.07 Å². The third kappa shape index (κ3) is 5.98. The van der Waals surface area contributed by atoms with Crippen LogP contribution >= 0.6 is 15.9 Å². The van der Waals surface area contributed by atoms with E-state index in [0.29, 0.717) is 23.5 Å². The molecule has 3 aromatic rings. The third-order valence-electron chi connectivity index (χ3n) is 5.15. The van der Waals surface area contributed by atoms with Gasteiger partial charge >= 0.3 is 6.18 Å². The molecule has 3 heterocycles. The van der Waals surface area contributed by atoms with Gasteiger partial charge in [-0.3, -0.25) is 9.78 Å². The zero-order valence-corrected chi connectivity index (χ0v) is 20.1. The van der Waals surface area contributed by atoms with Crippen molar-refractivity contribution in [1.29, 1.82) is 0 Å². The Labute approximate surface area is 207 Å². The first kappa shape index (κ1) is 24.7. The largest absolute Gasteiger partial charge is 0.491 e. The van der Waals surface area contributed by atoms with Gasteiger partial charge in [-0.05, 0) is 30.3 Å². The fourth-order valence-corrected chi connectivity index (χ4v) is 3.77. The summed E-state index contributed by atoms with van der Waals surface area (Å²) < 4.78 is 47.7. The van der Waals surface area contributed by atoms with Crippen molar-refractivity contribution in [2.24, 2.45) is 0 Å². The third-order valence-corrected chi connectivity index (χ3v) is 5.65. The van der Waals surface area contributed by atoms with E-state index in [0.717, 1.165) is 19.2 Å². The van der Waals surface area contributed by atoms with Gasteiger partial charge in [-0.2, -0.15) is 18.2 Å². The molecular formula is C22H21BrF3N7O2. The molecular weight excluding hydrogens is 531 g/mol. The summed E-state index contributed by atoms with van der Waals surface area (Å²) in [7, 11) is 1.38. The molecule has 0 unspecified atom stereocenters. The van der Waals surface area contributed by atoms with E-state index in [1.807, 2.05) is 4.90 Å². The molecule has 0 atom stereocenters. The van der Waals surface area contributed by atoms with Crippen LogP contribution < -0.4 is 25.6 Å². The van der Waals surface area contributed by atoms with Crippen LogP contribution in [0.2, 0.25) is 0 Å². The fraction of sp³-hybridized carbons (Fsp3) is 0.273. The maximum atomic E-state index is 13.9. The van der Waals surface area contributed by atoms with Gasteiger partial charge in [0.25, 0.3) is 5.91 Å². The minimum absolute atomic E-state index is 0.0363. The monoisotopic (exact) mass is 551 g/mol. The summed E-state index contributed by atoms with van der Waals surface area (Å²) in [6.45, 7) is 2.83. The molecule has 13 heteroatoms. The van der Waals surface area contributed by atoms with Crippen LogP contribution in [0.3, 0.4) is 0 Å². The molecule has 0 spiro atoms. The van der Waals surface area contributed by atoms with E-state index in [4.69, 9.17) is 4.74 Å². The number of rotatable bonds is 6. The Hall–Kier alpha value is -3.45. The highest BCUT2D eigenvalue weighted by Crippen LogP contribution is 2.39. The van der Waals surface area contributed by atoms with Gasteiger partial charge in [0.1, 0.15) is 5.69 Å². The van der Waals surface area contributed by atoms with Gasteiger partial charge in [-0.15, -0.1) is 0 Å². The molecule has 4 rings (SSSR count). The summed E-state index contributed by atoms with van der Waals surface area (Å²) in [5.41, 5.74) is -1.21. The molecule has 0 aliphatic carbocycles. The highest BCUT2D eigenvalue weighted by atomic mass is 79.9. The number of carbonyl (C=O) groups is 1. The number of piperazine rings is 1. The molecule has 0 radical (unpaired) electrons. The zero-order valence-electron chi connectivity index (χ0n) is 18.5. The summed E-state index contributed by atoms with van der Waals surface area (Å²) in [5, 5.41) is 8.40. The summed E-state index contributed by atoms with van der Waals surface area (Å²) in [6, 6.07) is 6.53. The Morgan fingerprint density at radius 2 is 1.94 bits per heavy atom. The number of methoxy groups -OCH3 is 1. The number of benzene rings is 1. The normalized spacial score (nSPS) is 13.9. The van der Waals surface area contributed by atoms with Crippen LogP contribution in [0.1, 0.15) is 16.1 Å². The van der Waals surface area contributed by atoms with Crippen LogP contribution in [0, 0.1) is 0 Å². The van der Waals surface area contributed by atoms with Gasteiger partial charge in [-0.25, -0.2) is 4.98 Å². The number of ether oxygens (including phenoxy) is 1. The van der Waals surface area contributed by atoms with E-state index >= 15 is 0 Å². The minimum atomic E-state index is -4.71. The number of carbonyl (C=O) groups excluding carboxylic acids is 1. The van der Waals surface area contributed by atoms with E-state index in [-0.39, 0.29) is 28.6 Å². The van der Waals surface area contributed by atoms with Crippen molar-refractivity contribution in [3.05, 3.63) is 58.5 Å². The van der Waals surface area contributed by atoms with Gasteiger partial charge < -0.3 is 25.6 Å². The first-order valence-electron chi connectivity index (χ1n) is 10.5. The zero-order chi connectivity index (χ0) is 25.0. The predicted octanol–water partition coefficient (Wildman–Crippen LogP) is 4.07. The molecule has 1 aliphatic heterocycles. The number of nitrogens with zero attached hydrogens (tertiary/aromatic N) is 4. The van der Waals surface area contributed by atoms with Crippen LogP contribution in [0.4, 0.5) is 36.3 Å². The van der Waals surface area contributed by atoms with Gasteiger partial charge in [0.2, 0.25) is 5.95 Å². The van der Waals surface area contributed by atoms with Gasteiger partial charge in [0.05, 0.1) is 24.6 Å². The van der Waals surface area contributed by atoms with Crippen LogP contribution in [-0.4, -0.2) is 54.1 Å². The number of pyridine rings is 1. The first-order chi connectivity index (χ1) is 16.7. The highest BCUT2D eigenvalue weighted by Gasteiger charge is 2.34. The summed E-state index contributed by atoms with van der Waals surface area (Å²) in [4.78, 5) is 27.0. The van der Waals surface area contributed by atoms with E-state index < -0.39 is 17.6 Å². The topological polar surface area (TPSA) is 104 Å². The smallest absolute Gasteiger partial charge is 0.418 e. The number of halogens is 4. The Morgan fingerprint density at radius 1 is 1.17 bits per heavy atom. The first-order valence-corrected chi connectivity index (χ1v) is 11.3. The lowest BCUT2D eigenvalue weighted by Crippen LogP contribution is -2.44. The van der Waals surface area contributed by atoms with Gasteiger partial charge in [0, 0.05) is 42.5 Å². The van der Waals surface area contributed by atoms with Crippen molar-refractivity contribution < 1.29 is 22.7 Å². The lowest BCUT2D eigenvalue weighted by atomic mass is 10.1. The molecule has 35 heavy (non-hydrogen) atoms. The molecule has 1 aliphatic rings. The lowest BCUT2D eigenvalue weighted by molar-refractivity contribution is -0.136. The number of nitrogens with one attached hydrogen (secondary N) is 3. The molecule has 1 amide bonds. The molecule has 184 valence electrons. The number of amides is 1. The highest BCUT2D eigenvalue weighted by molar-refractivity contribution is 9.10. The molecule has 0 bridgehead atoms. The number of alkyl halides is 3. The summed E-state index contributed by atoms with van der Waals surface area (Å²) in [5.74, 6) is 0.0267. The molecule has 1 saturated heterocycles. The molecule has 1 fully saturated rings. The molecule has 9 nitrogen and oxygen atoms in total. The van der Waals surface area contributed by atoms with Crippen LogP contribution in [0.5, 0.6) is 5.75 Å². The Bertz CT molecular complexity index is 1220. The number of aromatic nitrogens is 3. The fourth-order valence-electron chi connectivity index (χ4n) is 3.43. The van der Waals surface area contributed by atoms with Crippen molar-refractivity contribution in [1.82, 2.24) is 20.3 Å². The second-order valence-corrected chi connectivity index (χ2v) is 8.44. The van der Waals surface area contributed by atoms with Gasteiger partial charge in [-0.1, -0.05) is 15.9 Å².